The number of rotatable bonds is 6. The maximum atomic E-state index is 12.0. The van der Waals surface area contributed by atoms with E-state index in [1.54, 1.807) is 6.07 Å². The molecule has 1 aromatic carbocycles. The van der Waals surface area contributed by atoms with Crippen molar-refractivity contribution in [1.82, 2.24) is 0 Å². The van der Waals surface area contributed by atoms with Crippen LogP contribution in [0.3, 0.4) is 0 Å². The summed E-state index contributed by atoms with van der Waals surface area (Å²) < 4.78 is 26.6. The highest BCUT2D eigenvalue weighted by Gasteiger charge is 2.15. The first-order chi connectivity index (χ1) is 10.0. The molecule has 1 fully saturated rings. The maximum absolute atomic E-state index is 12.0. The van der Waals surface area contributed by atoms with Crippen molar-refractivity contribution in [2.45, 2.75) is 39.0 Å². The van der Waals surface area contributed by atoms with Crippen molar-refractivity contribution in [3.63, 3.8) is 0 Å². The van der Waals surface area contributed by atoms with Gasteiger partial charge in [0.05, 0.1) is 16.5 Å². The summed E-state index contributed by atoms with van der Waals surface area (Å²) in [4.78, 5) is 2.28. The SMILES string of the molecule is CCCCS(=O)(=O)Nc1cc(N2CCCCC2)ccc1Cl. The van der Waals surface area contributed by atoms with Gasteiger partial charge in [0.1, 0.15) is 0 Å². The second kappa shape index (κ2) is 7.36. The largest absolute Gasteiger partial charge is 0.371 e. The van der Waals surface area contributed by atoms with Crippen LogP contribution in [0.25, 0.3) is 0 Å². The van der Waals surface area contributed by atoms with Crippen LogP contribution < -0.4 is 9.62 Å². The molecule has 0 aromatic heterocycles. The van der Waals surface area contributed by atoms with Gasteiger partial charge in [0.2, 0.25) is 10.0 Å². The fourth-order valence-electron chi connectivity index (χ4n) is 2.49. The second-order valence-electron chi connectivity index (χ2n) is 5.49. The minimum atomic E-state index is -3.32. The first kappa shape index (κ1) is 16.4. The zero-order valence-electron chi connectivity index (χ0n) is 12.4. The van der Waals surface area contributed by atoms with Crippen molar-refractivity contribution in [3.05, 3.63) is 23.2 Å². The summed E-state index contributed by atoms with van der Waals surface area (Å²) in [5.41, 5.74) is 1.52. The van der Waals surface area contributed by atoms with Crippen molar-refractivity contribution < 1.29 is 8.42 Å². The lowest BCUT2D eigenvalue weighted by Crippen LogP contribution is -2.29. The molecule has 0 atom stereocenters. The molecule has 0 radical (unpaired) electrons. The minimum Gasteiger partial charge on any atom is -0.371 e. The summed E-state index contributed by atoms with van der Waals surface area (Å²) in [5, 5.41) is 0.441. The number of hydrogen-bond acceptors (Lipinski definition) is 3. The molecule has 0 bridgehead atoms. The quantitative estimate of drug-likeness (QED) is 0.861. The van der Waals surface area contributed by atoms with Gasteiger partial charge in [0.15, 0.2) is 0 Å². The molecule has 0 saturated carbocycles. The van der Waals surface area contributed by atoms with Crippen molar-refractivity contribution in [1.29, 1.82) is 0 Å². The van der Waals surface area contributed by atoms with E-state index in [2.05, 4.69) is 9.62 Å². The number of sulfonamides is 1. The lowest BCUT2D eigenvalue weighted by atomic mass is 10.1. The second-order valence-corrected chi connectivity index (χ2v) is 7.74. The molecule has 1 N–H and O–H groups in total. The standard InChI is InChI=1S/C15H23ClN2O2S/c1-2-3-11-21(19,20)17-15-12-13(7-8-14(15)16)18-9-5-4-6-10-18/h7-8,12,17H,2-6,9-11H2,1H3. The highest BCUT2D eigenvalue weighted by atomic mass is 35.5. The van der Waals surface area contributed by atoms with Gasteiger partial charge in [-0.2, -0.15) is 0 Å². The van der Waals surface area contributed by atoms with Crippen LogP contribution in [0.4, 0.5) is 11.4 Å². The Kier molecular flexibility index (Phi) is 5.76. The van der Waals surface area contributed by atoms with Crippen LogP contribution in [0.5, 0.6) is 0 Å². The molecular formula is C15H23ClN2O2S. The number of halogens is 1. The molecule has 0 amide bonds. The normalized spacial score (nSPS) is 16.0. The van der Waals surface area contributed by atoms with E-state index in [0.717, 1.165) is 25.2 Å². The van der Waals surface area contributed by atoms with Gasteiger partial charge in [-0.15, -0.1) is 0 Å². The lowest BCUT2D eigenvalue weighted by Gasteiger charge is -2.29. The number of benzene rings is 1. The van der Waals surface area contributed by atoms with Crippen molar-refractivity contribution in [2.24, 2.45) is 0 Å². The van der Waals surface area contributed by atoms with Crippen LogP contribution >= 0.6 is 11.6 Å². The Morgan fingerprint density at radius 2 is 1.95 bits per heavy atom. The number of unbranched alkanes of at least 4 members (excludes halogenated alkanes) is 1. The highest BCUT2D eigenvalue weighted by molar-refractivity contribution is 7.92. The molecule has 1 aromatic rings. The van der Waals surface area contributed by atoms with Gasteiger partial charge >= 0.3 is 0 Å². The third-order valence-electron chi connectivity index (χ3n) is 3.70. The average Bonchev–Trinajstić information content (AvgIpc) is 2.48. The molecule has 6 heteroatoms. The number of nitrogens with zero attached hydrogens (tertiary/aromatic N) is 1. The van der Waals surface area contributed by atoms with E-state index in [9.17, 15) is 8.42 Å². The molecule has 118 valence electrons. The minimum absolute atomic E-state index is 0.133. The van der Waals surface area contributed by atoms with E-state index in [-0.39, 0.29) is 5.75 Å². The number of nitrogens with one attached hydrogen (secondary N) is 1. The summed E-state index contributed by atoms with van der Waals surface area (Å²) >= 11 is 6.13. The molecule has 2 rings (SSSR count). The van der Waals surface area contributed by atoms with Crippen LogP contribution in [-0.4, -0.2) is 27.3 Å². The highest BCUT2D eigenvalue weighted by Crippen LogP contribution is 2.30. The maximum Gasteiger partial charge on any atom is 0.232 e. The van der Waals surface area contributed by atoms with E-state index in [0.29, 0.717) is 17.1 Å². The molecule has 1 saturated heterocycles. The smallest absolute Gasteiger partial charge is 0.232 e. The first-order valence-electron chi connectivity index (χ1n) is 7.57. The van der Waals surface area contributed by atoms with Gasteiger partial charge in [-0.25, -0.2) is 8.42 Å². The Bertz CT molecular complexity index is 569. The Morgan fingerprint density at radius 1 is 1.24 bits per heavy atom. The topological polar surface area (TPSA) is 49.4 Å². The Hall–Kier alpha value is -0.940. The fraction of sp³-hybridized carbons (Fsp3) is 0.600. The van der Waals surface area contributed by atoms with Gasteiger partial charge in [0.25, 0.3) is 0 Å². The fourth-order valence-corrected chi connectivity index (χ4v) is 3.99. The van der Waals surface area contributed by atoms with Crippen LogP contribution in [0.1, 0.15) is 39.0 Å². The van der Waals surface area contributed by atoms with Gasteiger partial charge in [-0.1, -0.05) is 24.9 Å². The first-order valence-corrected chi connectivity index (χ1v) is 9.60. The van der Waals surface area contributed by atoms with Gasteiger partial charge < -0.3 is 4.90 Å². The predicted octanol–water partition coefficient (Wildman–Crippen LogP) is 3.87. The molecule has 1 aliphatic heterocycles. The zero-order chi connectivity index (χ0) is 15.3. The van der Waals surface area contributed by atoms with Crippen molar-refractivity contribution in [3.8, 4) is 0 Å². The van der Waals surface area contributed by atoms with E-state index in [1.807, 2.05) is 19.1 Å². The molecule has 4 nitrogen and oxygen atoms in total. The average molecular weight is 331 g/mol. The van der Waals surface area contributed by atoms with Crippen molar-refractivity contribution >= 4 is 33.0 Å². The van der Waals surface area contributed by atoms with Gasteiger partial charge in [0, 0.05) is 18.8 Å². The summed E-state index contributed by atoms with van der Waals surface area (Å²) in [5.74, 6) is 0.133. The zero-order valence-corrected chi connectivity index (χ0v) is 14.0. The summed E-state index contributed by atoms with van der Waals surface area (Å²) in [6, 6.07) is 5.57. The number of anilines is 2. The summed E-state index contributed by atoms with van der Waals surface area (Å²) in [6.45, 7) is 4.01. The van der Waals surface area contributed by atoms with Crippen LogP contribution in [0, 0.1) is 0 Å². The third kappa shape index (κ3) is 4.78. The Morgan fingerprint density at radius 3 is 2.62 bits per heavy atom. The summed E-state index contributed by atoms with van der Waals surface area (Å²) in [6.07, 6.45) is 5.13. The monoisotopic (exact) mass is 330 g/mol. The number of piperidine rings is 1. The molecule has 0 aliphatic carbocycles. The molecule has 1 heterocycles. The van der Waals surface area contributed by atoms with E-state index in [4.69, 9.17) is 11.6 Å². The number of hydrogen-bond donors (Lipinski definition) is 1. The van der Waals surface area contributed by atoms with E-state index >= 15 is 0 Å². The molecule has 1 aliphatic rings. The predicted molar refractivity (Wildman–Crippen MR) is 89.8 cm³/mol. The Balaban J connectivity index is 2.15. The van der Waals surface area contributed by atoms with Gasteiger partial charge in [-0.3, -0.25) is 4.72 Å². The Labute approximate surface area is 132 Å². The van der Waals surface area contributed by atoms with E-state index < -0.39 is 10.0 Å². The van der Waals surface area contributed by atoms with Crippen molar-refractivity contribution in [2.75, 3.05) is 28.5 Å². The van der Waals surface area contributed by atoms with E-state index in [1.165, 1.54) is 19.3 Å². The molecule has 21 heavy (non-hydrogen) atoms. The lowest BCUT2D eigenvalue weighted by molar-refractivity contribution is 0.578. The van der Waals surface area contributed by atoms with Gasteiger partial charge in [-0.05, 0) is 43.9 Å². The summed E-state index contributed by atoms with van der Waals surface area (Å²) in [7, 11) is -3.32. The molecule has 0 spiro atoms. The van der Waals surface area contributed by atoms with Crippen LogP contribution in [0.2, 0.25) is 5.02 Å². The third-order valence-corrected chi connectivity index (χ3v) is 5.39. The molecule has 0 unspecified atom stereocenters. The molecular weight excluding hydrogens is 308 g/mol. The van der Waals surface area contributed by atoms with Crippen LogP contribution in [0.15, 0.2) is 18.2 Å². The van der Waals surface area contributed by atoms with Crippen LogP contribution in [-0.2, 0) is 10.0 Å².